The molecule has 27 heavy (non-hydrogen) atoms. The van der Waals surface area contributed by atoms with Crippen molar-refractivity contribution in [2.75, 3.05) is 26.7 Å². The normalized spacial score (nSPS) is 17.1. The number of likely N-dealkylation sites (tertiary alicyclic amines) is 1. The van der Waals surface area contributed by atoms with E-state index >= 15 is 0 Å². The van der Waals surface area contributed by atoms with Gasteiger partial charge in [-0.3, -0.25) is 4.79 Å². The molecule has 1 aliphatic heterocycles. The maximum atomic E-state index is 13.0. The number of carbonyl (C=O) groups excluding carboxylic acids is 1. The Labute approximate surface area is 167 Å². The summed E-state index contributed by atoms with van der Waals surface area (Å²) in [6, 6.07) is 14.7. The minimum Gasteiger partial charge on any atom is -0.338 e. The van der Waals surface area contributed by atoms with Crippen LogP contribution in [0.5, 0.6) is 0 Å². The predicted octanol–water partition coefficient (Wildman–Crippen LogP) is 4.67. The van der Waals surface area contributed by atoms with E-state index in [4.69, 9.17) is 0 Å². The van der Waals surface area contributed by atoms with E-state index in [-0.39, 0.29) is 5.91 Å². The van der Waals surface area contributed by atoms with Crippen LogP contribution in [0.25, 0.3) is 0 Å². The number of nitrogens with zero attached hydrogens (tertiary/aromatic N) is 1. The van der Waals surface area contributed by atoms with Crippen LogP contribution in [0, 0.1) is 19.8 Å². The molecular weight excluding hydrogens is 352 g/mol. The van der Waals surface area contributed by atoms with Crippen molar-refractivity contribution in [3.8, 4) is 0 Å². The van der Waals surface area contributed by atoms with Crippen molar-refractivity contribution in [1.82, 2.24) is 10.2 Å². The maximum Gasteiger partial charge on any atom is 0.253 e. The van der Waals surface area contributed by atoms with E-state index in [1.165, 1.54) is 28.0 Å². The van der Waals surface area contributed by atoms with Crippen LogP contribution in [0.3, 0.4) is 0 Å². The third-order valence-corrected chi connectivity index (χ3v) is 6.44. The number of thioether (sulfide) groups is 1. The fourth-order valence-corrected chi connectivity index (χ4v) is 4.76. The first-order valence-electron chi connectivity index (χ1n) is 9.79. The number of rotatable bonds is 6. The minimum absolute atomic E-state index is 0.175. The number of hydrogen-bond donors (Lipinski definition) is 1. The van der Waals surface area contributed by atoms with Crippen LogP contribution in [0.15, 0.2) is 47.4 Å². The average molecular weight is 383 g/mol. The SMILES string of the molecule is CNCC1CCCN(C(=O)c2cccc(CSc3ccc(C)cc3C)c2)C1. The molecule has 1 N–H and O–H groups in total. The highest BCUT2D eigenvalue weighted by Gasteiger charge is 2.24. The van der Waals surface area contributed by atoms with Crippen molar-refractivity contribution in [2.24, 2.45) is 5.92 Å². The second kappa shape index (κ2) is 9.43. The number of amides is 1. The molecule has 1 heterocycles. The van der Waals surface area contributed by atoms with Gasteiger partial charge in [0.2, 0.25) is 0 Å². The van der Waals surface area contributed by atoms with E-state index in [0.29, 0.717) is 5.92 Å². The van der Waals surface area contributed by atoms with Crippen LogP contribution in [-0.2, 0) is 5.75 Å². The Morgan fingerprint density at radius 1 is 1.22 bits per heavy atom. The average Bonchev–Trinajstić information content (AvgIpc) is 2.67. The van der Waals surface area contributed by atoms with Crippen molar-refractivity contribution in [3.63, 3.8) is 0 Å². The van der Waals surface area contributed by atoms with E-state index in [1.54, 1.807) is 0 Å². The Bertz CT molecular complexity index is 788. The molecule has 2 aromatic carbocycles. The highest BCUT2D eigenvalue weighted by atomic mass is 32.2. The van der Waals surface area contributed by atoms with Gasteiger partial charge in [0.05, 0.1) is 0 Å². The largest absolute Gasteiger partial charge is 0.338 e. The number of piperidine rings is 1. The first-order chi connectivity index (χ1) is 13.1. The fourth-order valence-electron chi connectivity index (χ4n) is 3.80. The quantitative estimate of drug-likeness (QED) is 0.737. The van der Waals surface area contributed by atoms with Crippen LogP contribution in [0.4, 0.5) is 0 Å². The Balaban J connectivity index is 1.65. The molecule has 1 unspecified atom stereocenters. The lowest BCUT2D eigenvalue weighted by Crippen LogP contribution is -2.42. The van der Waals surface area contributed by atoms with Gasteiger partial charge in [0.1, 0.15) is 0 Å². The summed E-state index contributed by atoms with van der Waals surface area (Å²) in [5.41, 5.74) is 4.63. The molecule has 3 rings (SSSR count). The van der Waals surface area contributed by atoms with Crippen molar-refractivity contribution in [1.29, 1.82) is 0 Å². The maximum absolute atomic E-state index is 13.0. The minimum atomic E-state index is 0.175. The van der Waals surface area contributed by atoms with Crippen LogP contribution in [-0.4, -0.2) is 37.5 Å². The summed E-state index contributed by atoms with van der Waals surface area (Å²) in [6.07, 6.45) is 2.30. The molecule has 4 heteroatoms. The van der Waals surface area contributed by atoms with Crippen molar-refractivity contribution < 1.29 is 4.79 Å². The van der Waals surface area contributed by atoms with Gasteiger partial charge in [0.25, 0.3) is 5.91 Å². The number of carbonyl (C=O) groups is 1. The Morgan fingerprint density at radius 2 is 2.07 bits per heavy atom. The fraction of sp³-hybridized carbons (Fsp3) is 0.435. The Kier molecular flexibility index (Phi) is 6.97. The monoisotopic (exact) mass is 382 g/mol. The molecule has 1 fully saturated rings. The molecule has 1 atom stereocenters. The van der Waals surface area contributed by atoms with Crippen molar-refractivity contribution in [2.45, 2.75) is 37.3 Å². The molecule has 1 aliphatic rings. The summed E-state index contributed by atoms with van der Waals surface area (Å²) in [5, 5.41) is 3.25. The van der Waals surface area contributed by atoms with Crippen LogP contribution in [0.1, 0.15) is 39.9 Å². The molecule has 0 spiro atoms. The smallest absolute Gasteiger partial charge is 0.253 e. The summed E-state index contributed by atoms with van der Waals surface area (Å²) in [4.78, 5) is 16.3. The molecule has 0 bridgehead atoms. The molecular formula is C23H30N2OS. The molecule has 1 amide bonds. The molecule has 2 aromatic rings. The summed E-state index contributed by atoms with van der Waals surface area (Å²) in [7, 11) is 1.98. The van der Waals surface area contributed by atoms with Gasteiger partial charge in [-0.15, -0.1) is 11.8 Å². The molecule has 0 aromatic heterocycles. The Hall–Kier alpha value is -1.78. The van der Waals surface area contributed by atoms with E-state index in [0.717, 1.165) is 37.4 Å². The summed E-state index contributed by atoms with van der Waals surface area (Å²) in [6.45, 7) is 7.00. The summed E-state index contributed by atoms with van der Waals surface area (Å²) < 4.78 is 0. The standard InChI is InChI=1S/C23H30N2OS/c1-17-9-10-22(18(2)12-17)27-16-19-6-4-8-21(13-19)23(26)25-11-5-7-20(15-25)14-24-3/h4,6,8-10,12-13,20,24H,5,7,11,14-16H2,1-3H3. The second-order valence-electron chi connectivity index (χ2n) is 7.58. The lowest BCUT2D eigenvalue weighted by molar-refractivity contribution is 0.0674. The lowest BCUT2D eigenvalue weighted by Gasteiger charge is -2.32. The molecule has 0 aliphatic carbocycles. The third kappa shape index (κ3) is 5.36. The van der Waals surface area contributed by atoms with Gasteiger partial charge in [-0.2, -0.15) is 0 Å². The number of aryl methyl sites for hydroxylation is 2. The van der Waals surface area contributed by atoms with Crippen molar-refractivity contribution >= 4 is 17.7 Å². The van der Waals surface area contributed by atoms with Gasteiger partial charge >= 0.3 is 0 Å². The van der Waals surface area contributed by atoms with Gasteiger partial charge in [-0.1, -0.05) is 29.8 Å². The molecule has 144 valence electrons. The number of benzene rings is 2. The highest BCUT2D eigenvalue weighted by Crippen LogP contribution is 2.27. The first kappa shape index (κ1) is 20.0. The number of hydrogen-bond acceptors (Lipinski definition) is 3. The lowest BCUT2D eigenvalue weighted by atomic mass is 9.97. The Morgan fingerprint density at radius 3 is 2.85 bits per heavy atom. The predicted molar refractivity (Wildman–Crippen MR) is 114 cm³/mol. The van der Waals surface area contributed by atoms with Crippen LogP contribution < -0.4 is 5.32 Å². The van der Waals surface area contributed by atoms with Crippen molar-refractivity contribution in [3.05, 3.63) is 64.7 Å². The zero-order chi connectivity index (χ0) is 19.2. The molecule has 0 saturated carbocycles. The van der Waals surface area contributed by atoms with Gasteiger partial charge in [-0.25, -0.2) is 0 Å². The van der Waals surface area contributed by atoms with Crippen LogP contribution >= 0.6 is 11.8 Å². The van der Waals surface area contributed by atoms with E-state index in [2.05, 4.69) is 49.5 Å². The molecule has 1 saturated heterocycles. The van der Waals surface area contributed by atoms with Crippen LogP contribution in [0.2, 0.25) is 0 Å². The zero-order valence-electron chi connectivity index (χ0n) is 16.6. The summed E-state index contributed by atoms with van der Waals surface area (Å²) in [5.74, 6) is 1.62. The topological polar surface area (TPSA) is 32.3 Å². The van der Waals surface area contributed by atoms with E-state index in [9.17, 15) is 4.79 Å². The van der Waals surface area contributed by atoms with E-state index in [1.807, 2.05) is 35.8 Å². The third-order valence-electron chi connectivity index (χ3n) is 5.20. The van der Waals surface area contributed by atoms with Gasteiger partial charge in [0.15, 0.2) is 0 Å². The first-order valence-corrected chi connectivity index (χ1v) is 10.8. The summed E-state index contributed by atoms with van der Waals surface area (Å²) >= 11 is 1.84. The van der Waals surface area contributed by atoms with Gasteiger partial charge in [0, 0.05) is 29.3 Å². The van der Waals surface area contributed by atoms with Gasteiger partial charge in [-0.05, 0) is 75.5 Å². The highest BCUT2D eigenvalue weighted by molar-refractivity contribution is 7.98. The number of nitrogens with one attached hydrogen (secondary N) is 1. The zero-order valence-corrected chi connectivity index (χ0v) is 17.4. The van der Waals surface area contributed by atoms with Gasteiger partial charge < -0.3 is 10.2 Å². The molecule has 0 radical (unpaired) electrons. The second-order valence-corrected chi connectivity index (χ2v) is 8.59. The van der Waals surface area contributed by atoms with E-state index < -0.39 is 0 Å². The molecule has 3 nitrogen and oxygen atoms in total.